The Balaban J connectivity index is 1.64. The molecule has 1 aromatic rings. The topological polar surface area (TPSA) is 28.2 Å². The molecule has 0 bridgehead atoms. The molecule has 0 atom stereocenters. The predicted molar refractivity (Wildman–Crippen MR) is 84.1 cm³/mol. The average Bonchev–Trinajstić information content (AvgIpc) is 3.21. The smallest absolute Gasteiger partial charge is 0.128 e. The zero-order valence-electron chi connectivity index (χ0n) is 12.7. The van der Waals surface area contributed by atoms with E-state index in [-0.39, 0.29) is 0 Å². The lowest BCUT2D eigenvalue weighted by Gasteiger charge is -2.26. The highest BCUT2D eigenvalue weighted by molar-refractivity contribution is 5.41. The van der Waals surface area contributed by atoms with Crippen LogP contribution in [0, 0.1) is 6.92 Å². The maximum Gasteiger partial charge on any atom is 0.128 e. The predicted octanol–water partition coefficient (Wildman–Crippen LogP) is 3.41. The van der Waals surface area contributed by atoms with Crippen molar-refractivity contribution in [3.05, 3.63) is 23.4 Å². The van der Waals surface area contributed by atoms with Crippen molar-refractivity contribution in [1.82, 2.24) is 10.3 Å². The van der Waals surface area contributed by atoms with Crippen LogP contribution in [0.25, 0.3) is 0 Å². The van der Waals surface area contributed by atoms with E-state index in [4.69, 9.17) is 4.98 Å². The molecule has 3 heteroatoms. The molecule has 0 amide bonds. The lowest BCUT2D eigenvalue weighted by atomic mass is 10.1. The van der Waals surface area contributed by atoms with Crippen LogP contribution in [0.4, 0.5) is 5.82 Å². The van der Waals surface area contributed by atoms with E-state index in [0.717, 1.165) is 12.6 Å². The Labute approximate surface area is 122 Å². The Morgan fingerprint density at radius 1 is 1.10 bits per heavy atom. The molecule has 1 N–H and O–H groups in total. The number of anilines is 1. The first kappa shape index (κ1) is 13.9. The van der Waals surface area contributed by atoms with E-state index >= 15 is 0 Å². The van der Waals surface area contributed by atoms with Gasteiger partial charge in [0.05, 0.1) is 0 Å². The van der Waals surface area contributed by atoms with Gasteiger partial charge in [-0.25, -0.2) is 4.98 Å². The molecule has 0 unspecified atom stereocenters. The van der Waals surface area contributed by atoms with Crippen LogP contribution in [0.15, 0.2) is 12.1 Å². The highest BCUT2D eigenvalue weighted by Crippen LogP contribution is 2.21. The molecular weight excluding hydrogens is 246 g/mol. The van der Waals surface area contributed by atoms with Gasteiger partial charge < -0.3 is 10.2 Å². The van der Waals surface area contributed by atoms with Gasteiger partial charge in [-0.05, 0) is 44.2 Å². The first-order valence-electron chi connectivity index (χ1n) is 8.28. The summed E-state index contributed by atoms with van der Waals surface area (Å²) in [6.45, 7) is 5.47. The van der Waals surface area contributed by atoms with Gasteiger partial charge in [0.15, 0.2) is 0 Å². The summed E-state index contributed by atoms with van der Waals surface area (Å²) in [5, 5.41) is 3.58. The number of nitrogens with one attached hydrogen (secondary N) is 1. The molecule has 2 heterocycles. The molecular formula is C17H27N3. The largest absolute Gasteiger partial charge is 0.357 e. The SMILES string of the molecule is Cc1nc(N2CCCCCCC2)ccc1CNC1CC1. The molecule has 3 nitrogen and oxygen atoms in total. The van der Waals surface area contributed by atoms with Gasteiger partial charge in [0.25, 0.3) is 0 Å². The molecule has 2 aliphatic rings. The van der Waals surface area contributed by atoms with E-state index < -0.39 is 0 Å². The number of hydrogen-bond acceptors (Lipinski definition) is 3. The molecule has 1 aliphatic heterocycles. The van der Waals surface area contributed by atoms with Crippen LogP contribution in [-0.2, 0) is 6.54 Å². The summed E-state index contributed by atoms with van der Waals surface area (Å²) in [5.74, 6) is 1.18. The minimum atomic E-state index is 0.767. The first-order chi connectivity index (χ1) is 9.83. The summed E-state index contributed by atoms with van der Waals surface area (Å²) in [6, 6.07) is 5.26. The molecule has 1 aromatic heterocycles. The first-order valence-corrected chi connectivity index (χ1v) is 8.28. The van der Waals surface area contributed by atoms with E-state index in [9.17, 15) is 0 Å². The van der Waals surface area contributed by atoms with E-state index in [0.29, 0.717) is 0 Å². The molecule has 2 fully saturated rings. The van der Waals surface area contributed by atoms with E-state index in [1.807, 2.05) is 0 Å². The van der Waals surface area contributed by atoms with Crippen molar-refractivity contribution >= 4 is 5.82 Å². The maximum absolute atomic E-state index is 4.85. The summed E-state index contributed by atoms with van der Waals surface area (Å²) >= 11 is 0. The molecule has 1 aliphatic carbocycles. The quantitative estimate of drug-likeness (QED) is 0.911. The second-order valence-electron chi connectivity index (χ2n) is 6.32. The maximum atomic E-state index is 4.85. The highest BCUT2D eigenvalue weighted by atomic mass is 15.2. The fourth-order valence-corrected chi connectivity index (χ4v) is 2.96. The third-order valence-corrected chi connectivity index (χ3v) is 4.52. The van der Waals surface area contributed by atoms with Crippen molar-refractivity contribution in [2.24, 2.45) is 0 Å². The fourth-order valence-electron chi connectivity index (χ4n) is 2.96. The van der Waals surface area contributed by atoms with Crippen LogP contribution in [0.5, 0.6) is 0 Å². The van der Waals surface area contributed by atoms with E-state index in [1.54, 1.807) is 0 Å². The summed E-state index contributed by atoms with van der Waals surface area (Å²) < 4.78 is 0. The lowest BCUT2D eigenvalue weighted by molar-refractivity contribution is 0.553. The van der Waals surface area contributed by atoms with Crippen molar-refractivity contribution in [3.8, 4) is 0 Å². The average molecular weight is 273 g/mol. The van der Waals surface area contributed by atoms with Crippen molar-refractivity contribution in [1.29, 1.82) is 0 Å². The monoisotopic (exact) mass is 273 g/mol. The number of nitrogens with zero attached hydrogens (tertiary/aromatic N) is 2. The summed E-state index contributed by atoms with van der Waals surface area (Å²) in [4.78, 5) is 7.33. The Bertz CT molecular complexity index is 432. The van der Waals surface area contributed by atoms with Crippen LogP contribution >= 0.6 is 0 Å². The standard InChI is InChI=1S/C17H27N3/c1-14-15(13-18-16-8-9-16)7-10-17(19-14)20-11-5-3-2-4-6-12-20/h7,10,16,18H,2-6,8-9,11-13H2,1H3. The molecule has 3 rings (SSSR count). The van der Waals surface area contributed by atoms with E-state index in [2.05, 4.69) is 29.3 Å². The Morgan fingerprint density at radius 3 is 2.45 bits per heavy atom. The van der Waals surface area contributed by atoms with Gasteiger partial charge in [0, 0.05) is 31.4 Å². The van der Waals surface area contributed by atoms with Crippen LogP contribution in [0.2, 0.25) is 0 Å². The Hall–Kier alpha value is -1.09. The highest BCUT2D eigenvalue weighted by Gasteiger charge is 2.20. The minimum Gasteiger partial charge on any atom is -0.357 e. The Morgan fingerprint density at radius 2 is 1.80 bits per heavy atom. The zero-order valence-corrected chi connectivity index (χ0v) is 12.7. The Kier molecular flexibility index (Phi) is 4.56. The summed E-state index contributed by atoms with van der Waals surface area (Å²) in [5.41, 5.74) is 2.55. The number of pyridine rings is 1. The van der Waals surface area contributed by atoms with Crippen molar-refractivity contribution in [2.45, 2.75) is 64.5 Å². The van der Waals surface area contributed by atoms with Gasteiger partial charge in [0.1, 0.15) is 5.82 Å². The van der Waals surface area contributed by atoms with Crippen molar-refractivity contribution in [3.63, 3.8) is 0 Å². The van der Waals surface area contributed by atoms with Crippen LogP contribution in [-0.4, -0.2) is 24.1 Å². The molecule has 0 spiro atoms. The number of aryl methyl sites for hydroxylation is 1. The second-order valence-corrected chi connectivity index (χ2v) is 6.32. The molecule has 20 heavy (non-hydrogen) atoms. The van der Waals surface area contributed by atoms with Crippen molar-refractivity contribution < 1.29 is 0 Å². The summed E-state index contributed by atoms with van der Waals surface area (Å²) in [7, 11) is 0. The molecule has 1 saturated carbocycles. The number of rotatable bonds is 4. The van der Waals surface area contributed by atoms with E-state index in [1.165, 1.54) is 75.1 Å². The molecule has 0 aromatic carbocycles. The number of hydrogen-bond donors (Lipinski definition) is 1. The van der Waals surface area contributed by atoms with Gasteiger partial charge in [-0.15, -0.1) is 0 Å². The zero-order chi connectivity index (χ0) is 13.8. The van der Waals surface area contributed by atoms with Gasteiger partial charge in [-0.1, -0.05) is 25.3 Å². The third kappa shape index (κ3) is 3.72. The van der Waals surface area contributed by atoms with Crippen LogP contribution < -0.4 is 10.2 Å². The molecule has 1 saturated heterocycles. The third-order valence-electron chi connectivity index (χ3n) is 4.52. The molecule has 110 valence electrons. The minimum absolute atomic E-state index is 0.767. The lowest BCUT2D eigenvalue weighted by Crippen LogP contribution is -2.28. The van der Waals surface area contributed by atoms with Crippen molar-refractivity contribution in [2.75, 3.05) is 18.0 Å². The van der Waals surface area contributed by atoms with Crippen LogP contribution in [0.1, 0.15) is 56.2 Å². The van der Waals surface area contributed by atoms with Crippen LogP contribution in [0.3, 0.4) is 0 Å². The van der Waals surface area contributed by atoms with Gasteiger partial charge >= 0.3 is 0 Å². The van der Waals surface area contributed by atoms with Gasteiger partial charge in [0.2, 0.25) is 0 Å². The molecule has 0 radical (unpaired) electrons. The summed E-state index contributed by atoms with van der Waals surface area (Å²) in [6.07, 6.45) is 9.47. The number of aromatic nitrogens is 1. The van der Waals surface area contributed by atoms with Gasteiger partial charge in [-0.2, -0.15) is 0 Å². The fraction of sp³-hybridized carbons (Fsp3) is 0.706. The second kappa shape index (κ2) is 6.57. The normalized spacial score (nSPS) is 20.6. The van der Waals surface area contributed by atoms with Gasteiger partial charge in [-0.3, -0.25) is 0 Å².